The summed E-state index contributed by atoms with van der Waals surface area (Å²) >= 11 is 0. The SMILES string of the molecule is CCCCCCCC/C=C\CCCCCCCC(=O)OCCCCCCCCCCCCCCCCCCCC/C=C\CCCCCCCCCCCCCCCCCCCC(=O)NC(CO)C(O)/C=C/CCCCCCCCCCCCCCCCCC. The van der Waals surface area contributed by atoms with Crippen LogP contribution in [0.1, 0.15) is 457 Å². The molecule has 6 heteroatoms. The second-order valence-corrected chi connectivity index (χ2v) is 28.1. The van der Waals surface area contributed by atoms with E-state index < -0.39 is 12.1 Å². The lowest BCUT2D eigenvalue weighted by atomic mass is 10.0. The molecule has 0 heterocycles. The first kappa shape index (κ1) is 87.1. The number of rotatable bonds is 77. The van der Waals surface area contributed by atoms with E-state index in [1.54, 1.807) is 6.08 Å². The molecule has 3 N–H and O–H groups in total. The van der Waals surface area contributed by atoms with Crippen LogP contribution in [0.2, 0.25) is 0 Å². The zero-order valence-corrected chi connectivity index (χ0v) is 60.4. The number of carbonyl (C=O) groups is 2. The number of aliphatic hydroxyl groups is 2. The quantitative estimate of drug-likeness (QED) is 0.0320. The van der Waals surface area contributed by atoms with E-state index in [0.29, 0.717) is 19.4 Å². The minimum atomic E-state index is -0.842. The topological polar surface area (TPSA) is 95.9 Å². The van der Waals surface area contributed by atoms with Crippen LogP contribution in [-0.2, 0) is 14.3 Å². The Morgan fingerprint density at radius 2 is 0.528 bits per heavy atom. The van der Waals surface area contributed by atoms with Gasteiger partial charge in [-0.3, -0.25) is 9.59 Å². The van der Waals surface area contributed by atoms with Crippen LogP contribution in [0.3, 0.4) is 0 Å². The zero-order chi connectivity index (χ0) is 64.2. The first-order chi connectivity index (χ1) is 44.0. The summed E-state index contributed by atoms with van der Waals surface area (Å²) in [6.45, 7) is 4.94. The maximum atomic E-state index is 12.5. The normalized spacial score (nSPS) is 12.6. The standard InChI is InChI=1S/C83H159NO5/c1-3-5-7-9-11-13-15-17-19-20-44-48-51-55-59-63-67-71-75-81(86)80(79-85)84-82(87)76-72-68-64-60-56-52-49-45-42-40-38-36-34-32-30-28-26-24-22-21-23-25-27-29-31-33-35-37-39-41-43-46-50-54-58-62-66-70-74-78-89-83(88)77-73-69-65-61-57-53-47-18-16-14-12-10-8-6-4-2/h18,21-22,47,71,75,80-81,85-86H,3-17,19-20,23-46,48-70,72-74,76-79H2,1-2H3,(H,84,87)/b22-21-,47-18-,75-71+. The molecule has 0 saturated heterocycles. The third kappa shape index (κ3) is 75.0. The number of allylic oxidation sites excluding steroid dienone is 5. The fraction of sp³-hybridized carbons (Fsp3) is 0.904. The van der Waals surface area contributed by atoms with Crippen LogP contribution < -0.4 is 5.32 Å². The van der Waals surface area contributed by atoms with Crippen molar-refractivity contribution in [1.82, 2.24) is 5.32 Å². The van der Waals surface area contributed by atoms with E-state index in [9.17, 15) is 19.8 Å². The average molecular weight is 1250 g/mol. The molecule has 0 fully saturated rings. The molecule has 0 spiro atoms. The van der Waals surface area contributed by atoms with Crippen LogP contribution in [0.5, 0.6) is 0 Å². The van der Waals surface area contributed by atoms with Gasteiger partial charge in [-0.25, -0.2) is 0 Å². The zero-order valence-electron chi connectivity index (χ0n) is 60.4. The first-order valence-electron chi connectivity index (χ1n) is 40.8. The van der Waals surface area contributed by atoms with Crippen LogP contribution in [0.4, 0.5) is 0 Å². The molecule has 6 nitrogen and oxygen atoms in total. The van der Waals surface area contributed by atoms with Gasteiger partial charge in [-0.05, 0) is 83.5 Å². The van der Waals surface area contributed by atoms with Gasteiger partial charge in [0.1, 0.15) is 0 Å². The summed E-state index contributed by atoms with van der Waals surface area (Å²) in [5, 5.41) is 23.3. The third-order valence-corrected chi connectivity index (χ3v) is 19.1. The van der Waals surface area contributed by atoms with Crippen LogP contribution in [-0.4, -0.2) is 47.4 Å². The van der Waals surface area contributed by atoms with E-state index >= 15 is 0 Å². The van der Waals surface area contributed by atoms with Crippen molar-refractivity contribution in [3.63, 3.8) is 0 Å². The van der Waals surface area contributed by atoms with Crippen LogP contribution in [0, 0.1) is 0 Å². The van der Waals surface area contributed by atoms with Crippen molar-refractivity contribution in [2.75, 3.05) is 13.2 Å². The number of aliphatic hydroxyl groups excluding tert-OH is 2. The highest BCUT2D eigenvalue weighted by atomic mass is 16.5. The van der Waals surface area contributed by atoms with E-state index in [0.717, 1.165) is 44.9 Å². The molecule has 0 radical (unpaired) electrons. The number of hydrogen-bond donors (Lipinski definition) is 3. The van der Waals surface area contributed by atoms with Crippen molar-refractivity contribution in [1.29, 1.82) is 0 Å². The van der Waals surface area contributed by atoms with Crippen molar-refractivity contribution >= 4 is 11.9 Å². The summed E-state index contributed by atoms with van der Waals surface area (Å²) in [6, 6.07) is -0.625. The minimum Gasteiger partial charge on any atom is -0.466 e. The molecule has 1 amide bonds. The molecule has 2 unspecified atom stereocenters. The molecule has 0 aliphatic rings. The molecule has 0 bridgehead atoms. The maximum absolute atomic E-state index is 12.5. The molecule has 526 valence electrons. The van der Waals surface area contributed by atoms with Gasteiger partial charge in [-0.1, -0.05) is 397 Å². The van der Waals surface area contributed by atoms with Gasteiger partial charge in [0.2, 0.25) is 5.91 Å². The van der Waals surface area contributed by atoms with Gasteiger partial charge in [0.15, 0.2) is 0 Å². The van der Waals surface area contributed by atoms with Crippen molar-refractivity contribution in [2.24, 2.45) is 0 Å². The number of nitrogens with one attached hydrogen (secondary N) is 1. The Bertz CT molecular complexity index is 1440. The monoisotopic (exact) mass is 1250 g/mol. The van der Waals surface area contributed by atoms with Gasteiger partial charge in [-0.2, -0.15) is 0 Å². The molecule has 0 aliphatic heterocycles. The van der Waals surface area contributed by atoms with E-state index in [1.807, 2.05) is 6.08 Å². The number of hydrogen-bond acceptors (Lipinski definition) is 5. The van der Waals surface area contributed by atoms with Gasteiger partial charge >= 0.3 is 5.97 Å². The lowest BCUT2D eigenvalue weighted by molar-refractivity contribution is -0.143. The largest absolute Gasteiger partial charge is 0.466 e. The van der Waals surface area contributed by atoms with Gasteiger partial charge in [0.05, 0.1) is 25.4 Å². The summed E-state index contributed by atoms with van der Waals surface area (Å²) < 4.78 is 5.50. The molecule has 2 atom stereocenters. The summed E-state index contributed by atoms with van der Waals surface area (Å²) in [6.07, 6.45) is 103. The predicted molar refractivity (Wildman–Crippen MR) is 393 cm³/mol. The van der Waals surface area contributed by atoms with Crippen molar-refractivity contribution in [3.05, 3.63) is 36.5 Å². The van der Waals surface area contributed by atoms with Gasteiger partial charge in [-0.15, -0.1) is 0 Å². The lowest BCUT2D eigenvalue weighted by Gasteiger charge is -2.20. The Labute approximate surface area is 557 Å². The second kappa shape index (κ2) is 78.5. The van der Waals surface area contributed by atoms with E-state index in [1.165, 1.54) is 385 Å². The van der Waals surface area contributed by atoms with Crippen molar-refractivity contribution in [2.45, 2.75) is 469 Å². The van der Waals surface area contributed by atoms with Gasteiger partial charge in [0, 0.05) is 12.8 Å². The smallest absolute Gasteiger partial charge is 0.305 e. The molecule has 0 aromatic rings. The molecule has 0 aromatic carbocycles. The van der Waals surface area contributed by atoms with E-state index in [2.05, 4.69) is 43.5 Å². The number of unbranched alkanes of at least 4 members (excludes halogenated alkanes) is 62. The molecule has 0 aromatic heterocycles. The molecule has 89 heavy (non-hydrogen) atoms. The second-order valence-electron chi connectivity index (χ2n) is 28.1. The summed E-state index contributed by atoms with van der Waals surface area (Å²) in [7, 11) is 0. The van der Waals surface area contributed by atoms with Crippen LogP contribution >= 0.6 is 0 Å². The van der Waals surface area contributed by atoms with Crippen molar-refractivity contribution < 1.29 is 24.5 Å². The van der Waals surface area contributed by atoms with Gasteiger partial charge < -0.3 is 20.3 Å². The first-order valence-corrected chi connectivity index (χ1v) is 40.8. The average Bonchev–Trinajstić information content (AvgIpc) is 3.60. The Kier molecular flexibility index (Phi) is 76.8. The highest BCUT2D eigenvalue weighted by molar-refractivity contribution is 5.76. The number of esters is 1. The lowest BCUT2D eigenvalue weighted by Crippen LogP contribution is -2.45. The number of carbonyl (C=O) groups excluding carboxylic acids is 2. The third-order valence-electron chi connectivity index (χ3n) is 19.1. The van der Waals surface area contributed by atoms with Crippen LogP contribution in [0.15, 0.2) is 36.5 Å². The number of ether oxygens (including phenoxy) is 1. The summed E-state index contributed by atoms with van der Waals surface area (Å²) in [5.74, 6) is -0.0447. The highest BCUT2D eigenvalue weighted by Gasteiger charge is 2.18. The highest BCUT2D eigenvalue weighted by Crippen LogP contribution is 2.20. The molecular weight excluding hydrogens is 1090 g/mol. The summed E-state index contributed by atoms with van der Waals surface area (Å²) in [5.41, 5.74) is 0. The molecule has 0 rings (SSSR count). The maximum Gasteiger partial charge on any atom is 0.305 e. The predicted octanol–water partition coefficient (Wildman–Crippen LogP) is 27.0. The fourth-order valence-electron chi connectivity index (χ4n) is 12.9. The van der Waals surface area contributed by atoms with E-state index in [4.69, 9.17) is 4.74 Å². The molecule has 0 saturated carbocycles. The van der Waals surface area contributed by atoms with E-state index in [-0.39, 0.29) is 18.5 Å². The summed E-state index contributed by atoms with van der Waals surface area (Å²) in [4.78, 5) is 24.6. The van der Waals surface area contributed by atoms with Gasteiger partial charge in [0.25, 0.3) is 0 Å². The van der Waals surface area contributed by atoms with Crippen LogP contribution in [0.25, 0.3) is 0 Å². The Morgan fingerprint density at radius 1 is 0.303 bits per heavy atom. The fourth-order valence-corrected chi connectivity index (χ4v) is 12.9. The molecular formula is C83H159NO5. The Morgan fingerprint density at radius 3 is 0.798 bits per heavy atom. The Balaban J connectivity index is 3.34. The number of amides is 1. The Hall–Kier alpha value is -1.92. The molecule has 0 aliphatic carbocycles. The van der Waals surface area contributed by atoms with Crippen molar-refractivity contribution in [3.8, 4) is 0 Å². The minimum absolute atomic E-state index is 0.0150.